The number of rotatable bonds is 4. The van der Waals surface area contributed by atoms with Crippen LogP contribution in [0.25, 0.3) is 0 Å². The minimum Gasteiger partial charge on any atom is -0.497 e. The maximum absolute atomic E-state index is 11.4. The summed E-state index contributed by atoms with van der Waals surface area (Å²) in [5, 5.41) is 21.9. The molecule has 1 aromatic rings. The molecule has 5 nitrogen and oxygen atoms in total. The molecule has 0 saturated carbocycles. The molecular formula is C15H18N2O3. The lowest BCUT2D eigenvalue weighted by molar-refractivity contribution is -0.121. The Morgan fingerprint density at radius 1 is 1.60 bits per heavy atom. The van der Waals surface area contributed by atoms with Gasteiger partial charge in [-0.1, -0.05) is 6.07 Å². The number of carbonyl (C=O) groups excluding carboxylic acids is 1. The average molecular weight is 274 g/mol. The average Bonchev–Trinajstić information content (AvgIpc) is 2.46. The summed E-state index contributed by atoms with van der Waals surface area (Å²) in [6.07, 6.45) is 2.17. The quantitative estimate of drug-likeness (QED) is 0.865. The van der Waals surface area contributed by atoms with Gasteiger partial charge in [-0.15, -0.1) is 0 Å². The number of nitrogens with one attached hydrogen (secondary N) is 1. The molecule has 0 fully saturated rings. The van der Waals surface area contributed by atoms with Crippen LogP contribution in [0.1, 0.15) is 30.4 Å². The van der Waals surface area contributed by atoms with E-state index in [-0.39, 0.29) is 18.9 Å². The fraction of sp³-hybridized carbons (Fsp3) is 0.467. The highest BCUT2D eigenvalue weighted by Gasteiger charge is 2.35. The van der Waals surface area contributed by atoms with Crippen molar-refractivity contribution in [2.75, 3.05) is 13.7 Å². The third-order valence-corrected chi connectivity index (χ3v) is 3.67. The monoisotopic (exact) mass is 274 g/mol. The Hall–Kier alpha value is -2.06. The smallest absolute Gasteiger partial charge is 0.234 e. The summed E-state index contributed by atoms with van der Waals surface area (Å²) in [7, 11) is 1.58. The summed E-state index contributed by atoms with van der Waals surface area (Å²) < 4.78 is 5.20. The maximum atomic E-state index is 11.4. The van der Waals surface area contributed by atoms with Crippen LogP contribution in [0.5, 0.6) is 5.75 Å². The Kier molecular flexibility index (Phi) is 4.26. The molecule has 1 amide bonds. The van der Waals surface area contributed by atoms with Crippen LogP contribution in [0, 0.1) is 11.3 Å². The summed E-state index contributed by atoms with van der Waals surface area (Å²) in [6.45, 7) is 0.119. The number of benzene rings is 1. The predicted octanol–water partition coefficient (Wildman–Crippen LogP) is 1.25. The highest BCUT2D eigenvalue weighted by Crippen LogP contribution is 2.36. The molecular weight excluding hydrogens is 256 g/mol. The van der Waals surface area contributed by atoms with E-state index < -0.39 is 5.60 Å². The molecule has 1 aliphatic rings. The highest BCUT2D eigenvalue weighted by atomic mass is 16.5. The summed E-state index contributed by atoms with van der Waals surface area (Å²) in [5.74, 6) is 0.323. The molecule has 2 rings (SSSR count). The number of amides is 1. The van der Waals surface area contributed by atoms with Gasteiger partial charge in [0.15, 0.2) is 0 Å². The second-order valence-electron chi connectivity index (χ2n) is 5.02. The fourth-order valence-electron chi connectivity index (χ4n) is 2.60. The minimum absolute atomic E-state index is 0.119. The van der Waals surface area contributed by atoms with Gasteiger partial charge in [-0.25, -0.2) is 0 Å². The highest BCUT2D eigenvalue weighted by molar-refractivity contribution is 5.78. The Bertz CT molecular complexity index is 551. The lowest BCUT2D eigenvalue weighted by atomic mass is 9.79. The third kappa shape index (κ3) is 2.91. The van der Waals surface area contributed by atoms with E-state index in [4.69, 9.17) is 10.00 Å². The second-order valence-corrected chi connectivity index (χ2v) is 5.02. The molecule has 0 unspecified atom stereocenters. The number of aryl methyl sites for hydroxylation is 1. The molecule has 0 aliphatic heterocycles. The molecule has 0 radical (unpaired) electrons. The summed E-state index contributed by atoms with van der Waals surface area (Å²) in [5.41, 5.74) is 0.794. The maximum Gasteiger partial charge on any atom is 0.234 e. The van der Waals surface area contributed by atoms with Gasteiger partial charge in [0.2, 0.25) is 5.91 Å². The number of ether oxygens (including phenoxy) is 1. The zero-order valence-electron chi connectivity index (χ0n) is 11.5. The van der Waals surface area contributed by atoms with Crippen molar-refractivity contribution in [2.45, 2.75) is 31.3 Å². The Morgan fingerprint density at radius 3 is 3.10 bits per heavy atom. The first-order valence-electron chi connectivity index (χ1n) is 6.62. The van der Waals surface area contributed by atoms with Crippen LogP contribution in [0.4, 0.5) is 0 Å². The van der Waals surface area contributed by atoms with E-state index in [9.17, 15) is 9.90 Å². The molecule has 1 atom stereocenters. The molecule has 0 spiro atoms. The van der Waals surface area contributed by atoms with E-state index in [1.54, 1.807) is 13.2 Å². The molecule has 20 heavy (non-hydrogen) atoms. The standard InChI is InChI=1S/C15H18N2O3/c1-20-12-5-4-11-3-2-7-15(19,13(11)9-12)10-17-14(18)6-8-16/h4-5,9,19H,2-3,6-7,10H2,1H3,(H,17,18)/t15-/m1/s1. The number of nitrogens with zero attached hydrogens (tertiary/aromatic N) is 1. The molecule has 2 N–H and O–H groups in total. The van der Waals surface area contributed by atoms with Crippen LogP contribution in [0.3, 0.4) is 0 Å². The van der Waals surface area contributed by atoms with Crippen LogP contribution in [0.2, 0.25) is 0 Å². The van der Waals surface area contributed by atoms with Crippen molar-refractivity contribution in [1.29, 1.82) is 5.26 Å². The number of hydrogen-bond donors (Lipinski definition) is 2. The van der Waals surface area contributed by atoms with E-state index in [2.05, 4.69) is 5.32 Å². The SMILES string of the molecule is COc1ccc2c(c1)[C@](O)(CNC(=O)CC#N)CCC2. The number of methoxy groups -OCH3 is 1. The van der Waals surface area contributed by atoms with Gasteiger partial charge < -0.3 is 15.2 Å². The third-order valence-electron chi connectivity index (χ3n) is 3.67. The van der Waals surface area contributed by atoms with Crippen LogP contribution in [-0.2, 0) is 16.8 Å². The Balaban J connectivity index is 2.21. The van der Waals surface area contributed by atoms with Crippen molar-refractivity contribution in [3.05, 3.63) is 29.3 Å². The number of fused-ring (bicyclic) bond motifs is 1. The molecule has 0 aromatic heterocycles. The van der Waals surface area contributed by atoms with Crippen molar-refractivity contribution in [3.63, 3.8) is 0 Å². The molecule has 106 valence electrons. The first-order chi connectivity index (χ1) is 9.59. The fourth-order valence-corrected chi connectivity index (χ4v) is 2.60. The topological polar surface area (TPSA) is 82.3 Å². The van der Waals surface area contributed by atoms with Gasteiger partial charge in [0, 0.05) is 0 Å². The van der Waals surface area contributed by atoms with Crippen molar-refractivity contribution in [2.24, 2.45) is 0 Å². The van der Waals surface area contributed by atoms with Crippen LogP contribution >= 0.6 is 0 Å². The molecule has 1 aliphatic carbocycles. The summed E-state index contributed by atoms with van der Waals surface area (Å²) in [6, 6.07) is 7.44. The lowest BCUT2D eigenvalue weighted by Gasteiger charge is -2.34. The van der Waals surface area contributed by atoms with Gasteiger partial charge in [0.25, 0.3) is 0 Å². The largest absolute Gasteiger partial charge is 0.497 e. The van der Waals surface area contributed by atoms with Crippen molar-refractivity contribution < 1.29 is 14.6 Å². The summed E-state index contributed by atoms with van der Waals surface area (Å²) in [4.78, 5) is 11.4. The predicted molar refractivity (Wildman–Crippen MR) is 73.1 cm³/mol. The first-order valence-corrected chi connectivity index (χ1v) is 6.62. The number of hydrogen-bond acceptors (Lipinski definition) is 4. The van der Waals surface area contributed by atoms with Crippen molar-refractivity contribution in [3.8, 4) is 11.8 Å². The summed E-state index contributed by atoms with van der Waals surface area (Å²) >= 11 is 0. The van der Waals surface area contributed by atoms with Gasteiger partial charge in [0.05, 0.1) is 19.7 Å². The van der Waals surface area contributed by atoms with Crippen molar-refractivity contribution >= 4 is 5.91 Å². The molecule has 1 aromatic carbocycles. The van der Waals surface area contributed by atoms with E-state index in [0.717, 1.165) is 24.0 Å². The van der Waals surface area contributed by atoms with E-state index in [1.807, 2.05) is 18.2 Å². The van der Waals surface area contributed by atoms with Gasteiger partial charge in [-0.05, 0) is 42.5 Å². The van der Waals surface area contributed by atoms with E-state index >= 15 is 0 Å². The van der Waals surface area contributed by atoms with Gasteiger partial charge in [-0.2, -0.15) is 5.26 Å². The van der Waals surface area contributed by atoms with E-state index in [1.165, 1.54) is 0 Å². The molecule has 5 heteroatoms. The minimum atomic E-state index is -1.09. The number of carbonyl (C=O) groups is 1. The van der Waals surface area contributed by atoms with Gasteiger partial charge in [0.1, 0.15) is 17.8 Å². The Morgan fingerprint density at radius 2 is 2.40 bits per heavy atom. The Labute approximate surface area is 118 Å². The zero-order chi connectivity index (χ0) is 14.6. The lowest BCUT2D eigenvalue weighted by Crippen LogP contribution is -2.42. The molecule has 0 saturated heterocycles. The van der Waals surface area contributed by atoms with Crippen LogP contribution in [0.15, 0.2) is 18.2 Å². The normalized spacial score (nSPS) is 20.6. The van der Waals surface area contributed by atoms with Gasteiger partial charge >= 0.3 is 0 Å². The number of aliphatic hydroxyl groups is 1. The van der Waals surface area contributed by atoms with Crippen LogP contribution < -0.4 is 10.1 Å². The van der Waals surface area contributed by atoms with Gasteiger partial charge in [-0.3, -0.25) is 4.79 Å². The number of nitriles is 1. The second kappa shape index (κ2) is 5.93. The van der Waals surface area contributed by atoms with Crippen LogP contribution in [-0.4, -0.2) is 24.7 Å². The molecule has 0 heterocycles. The zero-order valence-corrected chi connectivity index (χ0v) is 11.5. The van der Waals surface area contributed by atoms with Crippen molar-refractivity contribution in [1.82, 2.24) is 5.32 Å². The molecule has 0 bridgehead atoms. The first kappa shape index (κ1) is 14.4. The van der Waals surface area contributed by atoms with E-state index in [0.29, 0.717) is 12.2 Å².